The second kappa shape index (κ2) is 6.83. The van der Waals surface area contributed by atoms with Crippen LogP contribution < -0.4 is 5.73 Å². The number of Topliss-reactive ketones (excluding diaryl/α,β-unsaturated/α-hetero) is 1. The molecule has 2 heteroatoms. The molecule has 1 rings (SSSR count). The molecule has 0 aliphatic rings. The van der Waals surface area contributed by atoms with Crippen molar-refractivity contribution in [3.05, 3.63) is 42.5 Å². The van der Waals surface area contributed by atoms with E-state index in [1.165, 1.54) is 0 Å². The van der Waals surface area contributed by atoms with E-state index in [1.54, 1.807) is 12.1 Å². The van der Waals surface area contributed by atoms with Gasteiger partial charge in [-0.25, -0.2) is 0 Å². The van der Waals surface area contributed by atoms with E-state index >= 15 is 0 Å². The van der Waals surface area contributed by atoms with Crippen LogP contribution in [-0.4, -0.2) is 5.78 Å². The zero-order valence-corrected chi connectivity index (χ0v) is 9.61. The first-order valence-electron chi connectivity index (χ1n) is 5.74. The molecule has 0 spiro atoms. The second-order valence-corrected chi connectivity index (χ2v) is 3.90. The summed E-state index contributed by atoms with van der Waals surface area (Å²) < 4.78 is 0. The number of unbranched alkanes of at least 4 members (excludes halogenated alkanes) is 3. The number of nitrogens with two attached hydrogens (primary N) is 1. The molecule has 1 aromatic carbocycles. The maximum Gasteiger partial charge on any atom is 0.164 e. The SMILES string of the molecule is C=CCCCCCC(=O)c1ccccc1N. The molecule has 0 aromatic heterocycles. The largest absolute Gasteiger partial charge is 0.398 e. The van der Waals surface area contributed by atoms with Crippen LogP contribution >= 0.6 is 0 Å². The average Bonchev–Trinajstić information content (AvgIpc) is 2.29. The number of anilines is 1. The summed E-state index contributed by atoms with van der Waals surface area (Å²) in [5, 5.41) is 0. The van der Waals surface area contributed by atoms with Crippen molar-refractivity contribution >= 4 is 11.5 Å². The van der Waals surface area contributed by atoms with Crippen LogP contribution in [0.3, 0.4) is 0 Å². The number of rotatable bonds is 7. The van der Waals surface area contributed by atoms with E-state index in [2.05, 4.69) is 6.58 Å². The Morgan fingerprint density at radius 3 is 2.69 bits per heavy atom. The van der Waals surface area contributed by atoms with Crippen LogP contribution in [0.25, 0.3) is 0 Å². The third-order valence-corrected chi connectivity index (χ3v) is 2.57. The molecule has 0 amide bonds. The van der Waals surface area contributed by atoms with Gasteiger partial charge in [-0.15, -0.1) is 6.58 Å². The van der Waals surface area contributed by atoms with Crippen molar-refractivity contribution < 1.29 is 4.79 Å². The fourth-order valence-corrected chi connectivity index (χ4v) is 1.64. The van der Waals surface area contributed by atoms with Gasteiger partial charge in [-0.05, 0) is 31.4 Å². The maximum atomic E-state index is 11.8. The van der Waals surface area contributed by atoms with Crippen LogP contribution in [0, 0.1) is 0 Å². The van der Waals surface area contributed by atoms with Crippen molar-refractivity contribution in [2.75, 3.05) is 5.73 Å². The van der Waals surface area contributed by atoms with E-state index < -0.39 is 0 Å². The molecular formula is C14H19NO. The summed E-state index contributed by atoms with van der Waals surface area (Å²) in [5.74, 6) is 0.150. The van der Waals surface area contributed by atoms with Crippen LogP contribution in [0.15, 0.2) is 36.9 Å². The fourth-order valence-electron chi connectivity index (χ4n) is 1.64. The maximum absolute atomic E-state index is 11.8. The highest BCUT2D eigenvalue weighted by atomic mass is 16.1. The Labute approximate surface area is 97.2 Å². The number of allylic oxidation sites excluding steroid dienone is 1. The van der Waals surface area contributed by atoms with Crippen LogP contribution in [0.1, 0.15) is 42.5 Å². The van der Waals surface area contributed by atoms with Gasteiger partial charge >= 0.3 is 0 Å². The minimum atomic E-state index is 0.150. The number of para-hydroxylation sites is 1. The second-order valence-electron chi connectivity index (χ2n) is 3.90. The van der Waals surface area contributed by atoms with Crippen molar-refractivity contribution in [1.29, 1.82) is 0 Å². The van der Waals surface area contributed by atoms with E-state index in [1.807, 2.05) is 18.2 Å². The topological polar surface area (TPSA) is 43.1 Å². The highest BCUT2D eigenvalue weighted by Crippen LogP contribution is 2.15. The Kier molecular flexibility index (Phi) is 5.34. The molecular weight excluding hydrogens is 198 g/mol. The van der Waals surface area contributed by atoms with E-state index in [0.29, 0.717) is 17.7 Å². The van der Waals surface area contributed by atoms with Crippen LogP contribution in [0.4, 0.5) is 5.69 Å². The molecule has 0 fully saturated rings. The summed E-state index contributed by atoms with van der Waals surface area (Å²) in [5.41, 5.74) is 6.98. The third-order valence-electron chi connectivity index (χ3n) is 2.57. The van der Waals surface area contributed by atoms with Gasteiger partial charge in [0.2, 0.25) is 0 Å². The lowest BCUT2D eigenvalue weighted by atomic mass is 10.0. The first-order valence-corrected chi connectivity index (χ1v) is 5.74. The number of benzene rings is 1. The molecule has 86 valence electrons. The van der Waals surface area contributed by atoms with Gasteiger partial charge in [0.25, 0.3) is 0 Å². The average molecular weight is 217 g/mol. The van der Waals surface area contributed by atoms with E-state index in [4.69, 9.17) is 5.73 Å². The highest BCUT2D eigenvalue weighted by molar-refractivity contribution is 6.00. The number of hydrogen-bond donors (Lipinski definition) is 1. The predicted molar refractivity (Wildman–Crippen MR) is 68.5 cm³/mol. The van der Waals surface area contributed by atoms with E-state index in [0.717, 1.165) is 25.7 Å². The monoisotopic (exact) mass is 217 g/mol. The zero-order chi connectivity index (χ0) is 11.8. The Morgan fingerprint density at radius 1 is 1.25 bits per heavy atom. The molecule has 0 bridgehead atoms. The molecule has 0 saturated heterocycles. The normalized spacial score (nSPS) is 10.0. The standard InChI is InChI=1S/C14H19NO/c1-2-3-4-5-6-11-14(16)12-9-7-8-10-13(12)15/h2,7-10H,1,3-6,11,15H2. The Morgan fingerprint density at radius 2 is 2.00 bits per heavy atom. The van der Waals surface area contributed by atoms with Gasteiger partial charge in [-0.2, -0.15) is 0 Å². The molecule has 0 aliphatic heterocycles. The molecule has 2 N–H and O–H groups in total. The Balaban J connectivity index is 2.36. The summed E-state index contributed by atoms with van der Waals surface area (Å²) in [6.45, 7) is 3.67. The van der Waals surface area contributed by atoms with Crippen molar-refractivity contribution in [3.63, 3.8) is 0 Å². The molecule has 0 saturated carbocycles. The lowest BCUT2D eigenvalue weighted by Crippen LogP contribution is -2.03. The number of hydrogen-bond acceptors (Lipinski definition) is 2. The van der Waals surface area contributed by atoms with Crippen molar-refractivity contribution in [1.82, 2.24) is 0 Å². The van der Waals surface area contributed by atoms with Crippen LogP contribution in [0.5, 0.6) is 0 Å². The number of ketones is 1. The lowest BCUT2D eigenvalue weighted by Gasteiger charge is -2.03. The summed E-state index contributed by atoms with van der Waals surface area (Å²) >= 11 is 0. The molecule has 0 radical (unpaired) electrons. The Bertz CT molecular complexity index is 358. The lowest BCUT2D eigenvalue weighted by molar-refractivity contribution is 0.0980. The number of carbonyl (C=O) groups excluding carboxylic acids is 1. The van der Waals surface area contributed by atoms with Crippen LogP contribution in [-0.2, 0) is 0 Å². The van der Waals surface area contributed by atoms with Crippen molar-refractivity contribution in [3.8, 4) is 0 Å². The summed E-state index contributed by atoms with van der Waals surface area (Å²) in [7, 11) is 0. The predicted octanol–water partition coefficient (Wildman–Crippen LogP) is 3.59. The number of nitrogen functional groups attached to an aromatic ring is 1. The molecule has 16 heavy (non-hydrogen) atoms. The van der Waals surface area contributed by atoms with E-state index in [9.17, 15) is 4.79 Å². The van der Waals surface area contributed by atoms with Gasteiger partial charge in [-0.1, -0.05) is 24.6 Å². The smallest absolute Gasteiger partial charge is 0.164 e. The minimum absolute atomic E-state index is 0.150. The fraction of sp³-hybridized carbons (Fsp3) is 0.357. The molecule has 0 heterocycles. The van der Waals surface area contributed by atoms with Gasteiger partial charge in [0, 0.05) is 17.7 Å². The first-order chi connectivity index (χ1) is 7.75. The van der Waals surface area contributed by atoms with Crippen molar-refractivity contribution in [2.24, 2.45) is 0 Å². The summed E-state index contributed by atoms with van der Waals surface area (Å²) in [6.07, 6.45) is 6.65. The number of carbonyl (C=O) groups is 1. The minimum Gasteiger partial charge on any atom is -0.398 e. The summed E-state index contributed by atoms with van der Waals surface area (Å²) in [4.78, 5) is 11.8. The van der Waals surface area contributed by atoms with Gasteiger partial charge in [0.05, 0.1) is 0 Å². The van der Waals surface area contributed by atoms with Gasteiger partial charge in [-0.3, -0.25) is 4.79 Å². The third kappa shape index (κ3) is 3.89. The molecule has 0 aliphatic carbocycles. The van der Waals surface area contributed by atoms with Crippen molar-refractivity contribution in [2.45, 2.75) is 32.1 Å². The van der Waals surface area contributed by atoms with E-state index in [-0.39, 0.29) is 5.78 Å². The highest BCUT2D eigenvalue weighted by Gasteiger charge is 2.07. The van der Waals surface area contributed by atoms with Gasteiger partial charge in [0.15, 0.2) is 5.78 Å². The zero-order valence-electron chi connectivity index (χ0n) is 9.61. The molecule has 2 nitrogen and oxygen atoms in total. The molecule has 1 aromatic rings. The summed E-state index contributed by atoms with van der Waals surface area (Å²) in [6, 6.07) is 7.25. The quantitative estimate of drug-likeness (QED) is 0.328. The Hall–Kier alpha value is -1.57. The molecule has 0 unspecified atom stereocenters. The molecule has 0 atom stereocenters. The van der Waals surface area contributed by atoms with Gasteiger partial charge < -0.3 is 5.73 Å². The van der Waals surface area contributed by atoms with Gasteiger partial charge in [0.1, 0.15) is 0 Å². The van der Waals surface area contributed by atoms with Crippen LogP contribution in [0.2, 0.25) is 0 Å². The first kappa shape index (κ1) is 12.5.